The average Bonchev–Trinajstić information content (AvgIpc) is 2.89. The van der Waals surface area contributed by atoms with E-state index in [4.69, 9.17) is 5.73 Å². The summed E-state index contributed by atoms with van der Waals surface area (Å²) < 4.78 is 0. The molecular formula is C17H24ClN3O3. The van der Waals surface area contributed by atoms with Crippen molar-refractivity contribution in [3.63, 3.8) is 0 Å². The maximum Gasteiger partial charge on any atom is 0.229 e. The zero-order chi connectivity index (χ0) is 16.8. The molecule has 2 rings (SSSR count). The van der Waals surface area contributed by atoms with Crippen LogP contribution in [0.2, 0.25) is 0 Å². The topological polar surface area (TPSA) is 92.5 Å². The largest absolute Gasteiger partial charge is 0.356 e. The quantitative estimate of drug-likeness (QED) is 0.572. The minimum absolute atomic E-state index is 0. The van der Waals surface area contributed by atoms with Crippen molar-refractivity contribution in [3.05, 3.63) is 35.9 Å². The second kappa shape index (κ2) is 9.39. The highest BCUT2D eigenvalue weighted by molar-refractivity contribution is 6.01. The second-order valence-electron chi connectivity index (χ2n) is 5.81. The van der Waals surface area contributed by atoms with E-state index in [1.165, 1.54) is 4.90 Å². The average molecular weight is 354 g/mol. The van der Waals surface area contributed by atoms with Crippen LogP contribution in [0, 0.1) is 5.92 Å². The van der Waals surface area contributed by atoms with Gasteiger partial charge in [0.15, 0.2) is 0 Å². The van der Waals surface area contributed by atoms with E-state index in [1.54, 1.807) is 6.92 Å². The summed E-state index contributed by atoms with van der Waals surface area (Å²) in [6, 6.07) is 9.13. The number of carbonyl (C=O) groups excluding carboxylic acids is 3. The fourth-order valence-corrected chi connectivity index (χ4v) is 2.61. The van der Waals surface area contributed by atoms with Crippen molar-refractivity contribution in [3.8, 4) is 0 Å². The number of rotatable bonds is 7. The van der Waals surface area contributed by atoms with E-state index in [0.717, 1.165) is 5.56 Å². The standard InChI is InChI=1S/C17H23N3O3.ClH/c1-12(16(18)13-6-3-2-4-7-13)17(23)19-10-5-11-20-14(21)8-9-15(20)22;/h2-4,6-7,12,16H,5,8-11,18H2,1H3,(H,19,23);1H. The highest BCUT2D eigenvalue weighted by atomic mass is 35.5. The molecule has 2 atom stereocenters. The zero-order valence-electron chi connectivity index (χ0n) is 13.7. The van der Waals surface area contributed by atoms with E-state index in [0.29, 0.717) is 32.4 Å². The Balaban J connectivity index is 0.00000288. The van der Waals surface area contributed by atoms with Crippen molar-refractivity contribution in [2.45, 2.75) is 32.2 Å². The molecule has 0 spiro atoms. The van der Waals surface area contributed by atoms with E-state index < -0.39 is 0 Å². The number of amides is 3. The van der Waals surface area contributed by atoms with E-state index in [9.17, 15) is 14.4 Å². The van der Waals surface area contributed by atoms with Crippen LogP contribution in [0.5, 0.6) is 0 Å². The number of hydrogen-bond donors (Lipinski definition) is 2. The SMILES string of the molecule is CC(C(=O)NCCCN1C(=O)CCC1=O)C(N)c1ccccc1.Cl. The first-order valence-corrected chi connectivity index (χ1v) is 7.92. The van der Waals surface area contributed by atoms with Crippen molar-refractivity contribution < 1.29 is 14.4 Å². The van der Waals surface area contributed by atoms with Crippen LogP contribution in [0.1, 0.15) is 37.8 Å². The zero-order valence-corrected chi connectivity index (χ0v) is 14.6. The van der Waals surface area contributed by atoms with E-state index in [-0.39, 0.29) is 42.1 Å². The van der Waals surface area contributed by atoms with Gasteiger partial charge in [0.1, 0.15) is 0 Å². The first kappa shape index (κ1) is 20.1. The molecule has 0 bridgehead atoms. The van der Waals surface area contributed by atoms with Gasteiger partial charge in [-0.1, -0.05) is 37.3 Å². The number of imide groups is 1. The van der Waals surface area contributed by atoms with Crippen LogP contribution in [0.3, 0.4) is 0 Å². The van der Waals surface area contributed by atoms with Crippen LogP contribution in [-0.2, 0) is 14.4 Å². The Bertz CT molecular complexity index is 564. The van der Waals surface area contributed by atoms with Gasteiger partial charge in [0, 0.05) is 32.0 Å². The number of benzene rings is 1. The van der Waals surface area contributed by atoms with Gasteiger partial charge >= 0.3 is 0 Å². The molecule has 1 heterocycles. The van der Waals surface area contributed by atoms with Crippen LogP contribution < -0.4 is 11.1 Å². The number of hydrogen-bond acceptors (Lipinski definition) is 4. The summed E-state index contributed by atoms with van der Waals surface area (Å²) in [4.78, 5) is 36.3. The predicted molar refractivity (Wildman–Crippen MR) is 93.4 cm³/mol. The smallest absolute Gasteiger partial charge is 0.229 e. The van der Waals surface area contributed by atoms with Gasteiger partial charge < -0.3 is 11.1 Å². The molecule has 1 aromatic carbocycles. The van der Waals surface area contributed by atoms with Crippen LogP contribution in [0.15, 0.2) is 30.3 Å². The number of nitrogens with one attached hydrogen (secondary N) is 1. The summed E-state index contributed by atoms with van der Waals surface area (Å²) in [6.07, 6.45) is 1.15. The monoisotopic (exact) mass is 353 g/mol. The summed E-state index contributed by atoms with van der Waals surface area (Å²) in [6.45, 7) is 2.57. The number of nitrogens with zero attached hydrogens (tertiary/aromatic N) is 1. The highest BCUT2D eigenvalue weighted by Gasteiger charge is 2.28. The van der Waals surface area contributed by atoms with E-state index in [1.807, 2.05) is 30.3 Å². The third-order valence-corrected chi connectivity index (χ3v) is 4.15. The maximum atomic E-state index is 12.1. The van der Waals surface area contributed by atoms with E-state index in [2.05, 4.69) is 5.32 Å². The van der Waals surface area contributed by atoms with Crippen molar-refractivity contribution in [2.24, 2.45) is 11.7 Å². The Kier molecular flexibility index (Phi) is 7.88. The number of carbonyl (C=O) groups is 3. The molecule has 24 heavy (non-hydrogen) atoms. The summed E-state index contributed by atoms with van der Waals surface area (Å²) in [5.74, 6) is -0.727. The molecule has 0 saturated carbocycles. The van der Waals surface area contributed by atoms with Gasteiger partial charge in [-0.25, -0.2) is 0 Å². The van der Waals surface area contributed by atoms with Crippen LogP contribution in [0.4, 0.5) is 0 Å². The minimum atomic E-state index is -0.363. The molecular weight excluding hydrogens is 330 g/mol. The van der Waals surface area contributed by atoms with Crippen LogP contribution in [0.25, 0.3) is 0 Å². The first-order chi connectivity index (χ1) is 11.0. The van der Waals surface area contributed by atoms with Crippen molar-refractivity contribution in [1.82, 2.24) is 10.2 Å². The molecule has 0 aliphatic carbocycles. The molecule has 1 saturated heterocycles. The number of halogens is 1. The molecule has 0 aromatic heterocycles. The molecule has 1 aliphatic rings. The molecule has 0 radical (unpaired) electrons. The lowest BCUT2D eigenvalue weighted by atomic mass is 9.95. The van der Waals surface area contributed by atoms with Gasteiger partial charge in [-0.2, -0.15) is 0 Å². The molecule has 3 amide bonds. The maximum absolute atomic E-state index is 12.1. The van der Waals surface area contributed by atoms with Crippen molar-refractivity contribution in [2.75, 3.05) is 13.1 Å². The molecule has 2 unspecified atom stereocenters. The summed E-state index contributed by atoms with van der Waals surface area (Å²) >= 11 is 0. The molecule has 1 aliphatic heterocycles. The third-order valence-electron chi connectivity index (χ3n) is 4.15. The lowest BCUT2D eigenvalue weighted by molar-refractivity contribution is -0.138. The summed E-state index contributed by atoms with van der Waals surface area (Å²) in [7, 11) is 0. The molecule has 1 aromatic rings. The van der Waals surface area contributed by atoms with Gasteiger partial charge in [-0.3, -0.25) is 19.3 Å². The number of nitrogens with two attached hydrogens (primary N) is 1. The number of likely N-dealkylation sites (tertiary alicyclic amines) is 1. The molecule has 7 heteroatoms. The Morgan fingerprint density at radius 1 is 1.21 bits per heavy atom. The molecule has 1 fully saturated rings. The minimum Gasteiger partial charge on any atom is -0.356 e. The fourth-order valence-electron chi connectivity index (χ4n) is 2.61. The van der Waals surface area contributed by atoms with Crippen molar-refractivity contribution >= 4 is 30.1 Å². The third kappa shape index (κ3) is 5.04. The van der Waals surface area contributed by atoms with Gasteiger partial charge in [0.2, 0.25) is 17.7 Å². The van der Waals surface area contributed by atoms with E-state index >= 15 is 0 Å². The Labute approximate surface area is 148 Å². The summed E-state index contributed by atoms with van der Waals surface area (Å²) in [5, 5.41) is 2.82. The second-order valence-corrected chi connectivity index (χ2v) is 5.81. The first-order valence-electron chi connectivity index (χ1n) is 7.92. The Morgan fingerprint density at radius 3 is 2.38 bits per heavy atom. The summed E-state index contributed by atoms with van der Waals surface area (Å²) in [5.41, 5.74) is 7.04. The lowest BCUT2D eigenvalue weighted by Crippen LogP contribution is -2.37. The molecule has 6 nitrogen and oxygen atoms in total. The highest BCUT2D eigenvalue weighted by Crippen LogP contribution is 2.19. The normalized spacial score (nSPS) is 16.5. The van der Waals surface area contributed by atoms with Gasteiger partial charge in [0.05, 0.1) is 5.92 Å². The molecule has 132 valence electrons. The fraction of sp³-hybridized carbons (Fsp3) is 0.471. The Morgan fingerprint density at radius 2 is 1.79 bits per heavy atom. The van der Waals surface area contributed by atoms with Crippen LogP contribution in [-0.4, -0.2) is 35.7 Å². The van der Waals surface area contributed by atoms with Gasteiger partial charge in [-0.15, -0.1) is 12.4 Å². The van der Waals surface area contributed by atoms with Gasteiger partial charge in [0.25, 0.3) is 0 Å². The van der Waals surface area contributed by atoms with Gasteiger partial charge in [-0.05, 0) is 12.0 Å². The molecule has 3 N–H and O–H groups in total. The van der Waals surface area contributed by atoms with Crippen molar-refractivity contribution in [1.29, 1.82) is 0 Å². The predicted octanol–water partition coefficient (Wildman–Crippen LogP) is 1.40. The van der Waals surface area contributed by atoms with Crippen LogP contribution >= 0.6 is 12.4 Å². The lowest BCUT2D eigenvalue weighted by Gasteiger charge is -2.20. The Hall–Kier alpha value is -1.92.